The van der Waals surface area contributed by atoms with E-state index in [4.69, 9.17) is 5.11 Å². The minimum absolute atomic E-state index is 0.0139. The van der Waals surface area contributed by atoms with E-state index in [0.29, 0.717) is 6.42 Å². The van der Waals surface area contributed by atoms with Crippen LogP contribution in [0.25, 0.3) is 0 Å². The van der Waals surface area contributed by atoms with Gasteiger partial charge in [-0.2, -0.15) is 0 Å². The number of carbonyl (C=O) groups is 2. The fourth-order valence-corrected chi connectivity index (χ4v) is 1.86. The fraction of sp³-hybridized carbons (Fsp3) is 0.467. The Kier molecular flexibility index (Phi) is 5.08. The molecule has 0 aliphatic rings. The minimum atomic E-state index is -0.887. The lowest BCUT2D eigenvalue weighted by Gasteiger charge is -2.15. The van der Waals surface area contributed by atoms with E-state index >= 15 is 0 Å². The van der Waals surface area contributed by atoms with Crippen LogP contribution in [0.2, 0.25) is 0 Å². The number of aryl methyl sites for hydroxylation is 1. The van der Waals surface area contributed by atoms with Crippen LogP contribution in [0.5, 0.6) is 0 Å². The van der Waals surface area contributed by atoms with Gasteiger partial charge in [0.25, 0.3) is 0 Å². The molecule has 0 amide bonds. The Bertz CT molecular complexity index is 418. The van der Waals surface area contributed by atoms with Gasteiger partial charge in [-0.25, -0.2) is 0 Å². The van der Waals surface area contributed by atoms with Crippen LogP contribution in [-0.2, 0) is 16.0 Å². The van der Waals surface area contributed by atoms with E-state index in [9.17, 15) is 9.59 Å². The van der Waals surface area contributed by atoms with Crippen molar-refractivity contribution in [2.45, 2.75) is 33.6 Å². The molecule has 0 spiro atoms. The van der Waals surface area contributed by atoms with E-state index in [1.165, 1.54) is 0 Å². The summed E-state index contributed by atoms with van der Waals surface area (Å²) >= 11 is 0. The maximum Gasteiger partial charge on any atom is 0.307 e. The van der Waals surface area contributed by atoms with Gasteiger partial charge in [-0.1, -0.05) is 43.7 Å². The summed E-state index contributed by atoms with van der Waals surface area (Å²) in [5, 5.41) is 9.04. The molecule has 0 aromatic heterocycles. The Balaban J connectivity index is 2.60. The molecule has 0 aliphatic carbocycles. The van der Waals surface area contributed by atoms with Gasteiger partial charge in [0, 0.05) is 12.8 Å². The Morgan fingerprint density at radius 3 is 2.17 bits per heavy atom. The highest BCUT2D eigenvalue weighted by molar-refractivity contribution is 5.85. The van der Waals surface area contributed by atoms with Crippen molar-refractivity contribution in [1.29, 1.82) is 0 Å². The summed E-state index contributed by atoms with van der Waals surface area (Å²) in [4.78, 5) is 22.9. The lowest BCUT2D eigenvalue weighted by molar-refractivity contribution is -0.145. The first kappa shape index (κ1) is 14.4. The number of hydrogen-bond acceptors (Lipinski definition) is 2. The maximum atomic E-state index is 11.9. The molecule has 98 valence electrons. The number of carboxylic acids is 1. The van der Waals surface area contributed by atoms with E-state index in [-0.39, 0.29) is 18.1 Å². The normalized spacial score (nSPS) is 12.4. The van der Waals surface area contributed by atoms with Crippen LogP contribution in [-0.4, -0.2) is 16.9 Å². The van der Waals surface area contributed by atoms with Crippen molar-refractivity contribution in [3.63, 3.8) is 0 Å². The number of aliphatic carboxylic acids is 1. The third kappa shape index (κ3) is 4.32. The highest BCUT2D eigenvalue weighted by Crippen LogP contribution is 2.17. The molecule has 0 fully saturated rings. The van der Waals surface area contributed by atoms with Crippen LogP contribution in [0.15, 0.2) is 24.3 Å². The molecular weight excluding hydrogens is 228 g/mol. The van der Waals surface area contributed by atoms with Gasteiger partial charge in [-0.05, 0) is 18.4 Å². The number of Topliss-reactive ketones (excluding diaryl/α,β-unsaturated/α-hetero) is 1. The molecule has 3 heteroatoms. The van der Waals surface area contributed by atoms with Crippen molar-refractivity contribution < 1.29 is 14.7 Å². The van der Waals surface area contributed by atoms with Crippen LogP contribution < -0.4 is 0 Å². The Labute approximate surface area is 108 Å². The molecular formula is C15H20O3. The van der Waals surface area contributed by atoms with E-state index in [0.717, 1.165) is 11.1 Å². The molecule has 1 aromatic rings. The summed E-state index contributed by atoms with van der Waals surface area (Å²) in [6, 6.07) is 7.75. The molecule has 0 heterocycles. The van der Waals surface area contributed by atoms with Crippen molar-refractivity contribution in [3.8, 4) is 0 Å². The third-order valence-electron chi connectivity index (χ3n) is 3.09. The standard InChI is InChI=1S/C15H20O3/c1-10(2)14(15(17)18)9-13(16)8-12-6-4-11(3)5-7-12/h4-7,10,14H,8-9H2,1-3H3,(H,17,18)/t14-/m0/s1. The molecule has 3 nitrogen and oxygen atoms in total. The maximum absolute atomic E-state index is 11.9. The largest absolute Gasteiger partial charge is 0.481 e. The average Bonchev–Trinajstić information content (AvgIpc) is 2.28. The summed E-state index contributed by atoms with van der Waals surface area (Å²) in [7, 11) is 0. The SMILES string of the molecule is Cc1ccc(CC(=O)C[C@H](C(=O)O)C(C)C)cc1. The van der Waals surface area contributed by atoms with Gasteiger partial charge in [0.1, 0.15) is 5.78 Å². The molecule has 18 heavy (non-hydrogen) atoms. The van der Waals surface area contributed by atoms with E-state index in [2.05, 4.69) is 0 Å². The smallest absolute Gasteiger partial charge is 0.307 e. The molecule has 0 saturated carbocycles. The number of carbonyl (C=O) groups excluding carboxylic acids is 1. The lowest BCUT2D eigenvalue weighted by Crippen LogP contribution is -2.23. The zero-order chi connectivity index (χ0) is 13.7. The van der Waals surface area contributed by atoms with Gasteiger partial charge in [-0.3, -0.25) is 9.59 Å². The Morgan fingerprint density at radius 2 is 1.72 bits per heavy atom. The average molecular weight is 248 g/mol. The van der Waals surface area contributed by atoms with Crippen molar-refractivity contribution >= 4 is 11.8 Å². The summed E-state index contributed by atoms with van der Waals surface area (Å²) in [5.41, 5.74) is 2.09. The van der Waals surface area contributed by atoms with Crippen LogP contribution in [0.3, 0.4) is 0 Å². The van der Waals surface area contributed by atoms with Gasteiger partial charge in [0.05, 0.1) is 5.92 Å². The molecule has 0 unspecified atom stereocenters. The molecule has 0 bridgehead atoms. The molecule has 1 atom stereocenters. The van der Waals surface area contributed by atoms with Crippen LogP contribution in [0, 0.1) is 18.8 Å². The van der Waals surface area contributed by atoms with Crippen LogP contribution in [0.1, 0.15) is 31.4 Å². The van der Waals surface area contributed by atoms with Gasteiger partial charge >= 0.3 is 5.97 Å². The molecule has 0 radical (unpaired) electrons. The number of benzene rings is 1. The van der Waals surface area contributed by atoms with Crippen molar-refractivity contribution in [1.82, 2.24) is 0 Å². The van der Waals surface area contributed by atoms with Gasteiger partial charge < -0.3 is 5.11 Å². The Hall–Kier alpha value is -1.64. The Morgan fingerprint density at radius 1 is 1.17 bits per heavy atom. The predicted molar refractivity (Wildman–Crippen MR) is 70.5 cm³/mol. The van der Waals surface area contributed by atoms with Crippen molar-refractivity contribution in [2.24, 2.45) is 11.8 Å². The number of rotatable bonds is 6. The lowest BCUT2D eigenvalue weighted by atomic mass is 9.89. The van der Waals surface area contributed by atoms with Crippen molar-refractivity contribution in [2.75, 3.05) is 0 Å². The first-order valence-corrected chi connectivity index (χ1v) is 6.20. The van der Waals surface area contributed by atoms with Crippen LogP contribution in [0.4, 0.5) is 0 Å². The number of hydrogen-bond donors (Lipinski definition) is 1. The van der Waals surface area contributed by atoms with Gasteiger partial charge in [0.2, 0.25) is 0 Å². The second kappa shape index (κ2) is 6.34. The third-order valence-corrected chi connectivity index (χ3v) is 3.09. The summed E-state index contributed by atoms with van der Waals surface area (Å²) in [6.45, 7) is 5.65. The van der Waals surface area contributed by atoms with Crippen LogP contribution >= 0.6 is 0 Å². The first-order valence-electron chi connectivity index (χ1n) is 6.20. The molecule has 0 aliphatic heterocycles. The van der Waals surface area contributed by atoms with E-state index in [1.54, 1.807) is 0 Å². The highest BCUT2D eigenvalue weighted by atomic mass is 16.4. The molecule has 1 rings (SSSR count). The monoisotopic (exact) mass is 248 g/mol. The molecule has 0 saturated heterocycles. The summed E-state index contributed by atoms with van der Waals surface area (Å²) < 4.78 is 0. The highest BCUT2D eigenvalue weighted by Gasteiger charge is 2.24. The quantitative estimate of drug-likeness (QED) is 0.842. The number of ketones is 1. The molecule has 1 N–H and O–H groups in total. The second-order valence-corrected chi connectivity index (χ2v) is 5.09. The number of carboxylic acid groups (broad SMARTS) is 1. The zero-order valence-electron chi connectivity index (χ0n) is 11.1. The van der Waals surface area contributed by atoms with Gasteiger partial charge in [-0.15, -0.1) is 0 Å². The minimum Gasteiger partial charge on any atom is -0.481 e. The summed E-state index contributed by atoms with van der Waals surface area (Å²) in [5.74, 6) is -1.50. The fourth-order valence-electron chi connectivity index (χ4n) is 1.86. The first-order chi connectivity index (χ1) is 8.40. The van der Waals surface area contributed by atoms with Crippen molar-refractivity contribution in [3.05, 3.63) is 35.4 Å². The zero-order valence-corrected chi connectivity index (χ0v) is 11.1. The van der Waals surface area contributed by atoms with E-state index in [1.807, 2.05) is 45.0 Å². The predicted octanol–water partition coefficient (Wildman–Crippen LogP) is 2.85. The summed E-state index contributed by atoms with van der Waals surface area (Å²) in [6.07, 6.45) is 0.428. The second-order valence-electron chi connectivity index (χ2n) is 5.09. The van der Waals surface area contributed by atoms with E-state index < -0.39 is 11.9 Å². The molecule has 1 aromatic carbocycles. The topological polar surface area (TPSA) is 54.4 Å². The van der Waals surface area contributed by atoms with Gasteiger partial charge in [0.15, 0.2) is 0 Å².